The number of rotatable bonds is 2. The van der Waals surface area contributed by atoms with E-state index in [1.54, 1.807) is 0 Å². The number of halogens is 1. The molecule has 0 aliphatic rings. The Morgan fingerprint density at radius 3 is 2.81 bits per heavy atom. The van der Waals surface area contributed by atoms with Crippen LogP contribution in [0.25, 0.3) is 5.65 Å². The van der Waals surface area contributed by atoms with Crippen molar-refractivity contribution in [2.45, 2.75) is 0 Å². The predicted molar refractivity (Wildman–Crippen MR) is 55.9 cm³/mol. The highest BCUT2D eigenvalue weighted by Crippen LogP contribution is 2.21. The van der Waals surface area contributed by atoms with Gasteiger partial charge in [-0.2, -0.15) is 0 Å². The van der Waals surface area contributed by atoms with Crippen molar-refractivity contribution in [2.24, 2.45) is 0 Å². The van der Waals surface area contributed by atoms with Gasteiger partial charge < -0.3 is 9.47 Å². The number of esters is 1. The summed E-state index contributed by atoms with van der Waals surface area (Å²) in [6.45, 7) is 0. The molecule has 0 bridgehead atoms. The number of methoxy groups -OCH3 is 2. The summed E-state index contributed by atoms with van der Waals surface area (Å²) in [6.07, 6.45) is 1.51. The van der Waals surface area contributed by atoms with E-state index in [2.05, 4.69) is 14.9 Å². The zero-order chi connectivity index (χ0) is 11.7. The minimum Gasteiger partial charge on any atom is -0.467 e. The molecule has 0 fully saturated rings. The Kier molecular flexibility index (Phi) is 2.66. The van der Waals surface area contributed by atoms with Gasteiger partial charge in [0, 0.05) is 6.20 Å². The summed E-state index contributed by atoms with van der Waals surface area (Å²) >= 11 is 5.95. The molecule has 6 nitrogen and oxygen atoms in total. The van der Waals surface area contributed by atoms with Gasteiger partial charge in [0.25, 0.3) is 0 Å². The van der Waals surface area contributed by atoms with Crippen LogP contribution < -0.4 is 4.74 Å². The van der Waals surface area contributed by atoms with Gasteiger partial charge in [0.15, 0.2) is 5.65 Å². The minimum atomic E-state index is -0.487. The maximum atomic E-state index is 11.4. The molecular weight excluding hydrogens is 234 g/mol. The molecule has 0 saturated carbocycles. The van der Waals surface area contributed by atoms with E-state index in [0.29, 0.717) is 16.2 Å². The molecule has 2 aromatic heterocycles. The van der Waals surface area contributed by atoms with Gasteiger partial charge in [-0.05, 0) is 6.07 Å². The molecule has 0 saturated heterocycles. The molecule has 0 N–H and O–H groups in total. The second-order valence-electron chi connectivity index (χ2n) is 2.95. The highest BCUT2D eigenvalue weighted by molar-refractivity contribution is 6.33. The molecule has 84 valence electrons. The number of aromatic nitrogens is 3. The second-order valence-corrected chi connectivity index (χ2v) is 3.36. The molecule has 16 heavy (non-hydrogen) atoms. The number of carbonyl (C=O) groups is 1. The van der Waals surface area contributed by atoms with Gasteiger partial charge in [-0.25, -0.2) is 4.79 Å². The zero-order valence-electron chi connectivity index (χ0n) is 8.60. The van der Waals surface area contributed by atoms with E-state index in [0.717, 1.165) is 0 Å². The Morgan fingerprint density at radius 1 is 1.44 bits per heavy atom. The molecular formula is C9H8ClN3O3. The average Bonchev–Trinajstić information content (AvgIpc) is 2.71. The summed E-state index contributed by atoms with van der Waals surface area (Å²) in [5, 5.41) is 7.88. The van der Waals surface area contributed by atoms with E-state index < -0.39 is 5.97 Å². The third-order valence-corrected chi connectivity index (χ3v) is 2.31. The van der Waals surface area contributed by atoms with Crippen LogP contribution in [0.4, 0.5) is 0 Å². The molecule has 0 spiro atoms. The first-order valence-corrected chi connectivity index (χ1v) is 4.71. The van der Waals surface area contributed by atoms with Crippen molar-refractivity contribution in [1.29, 1.82) is 0 Å². The summed E-state index contributed by atoms with van der Waals surface area (Å²) in [7, 11) is 2.75. The molecule has 2 heterocycles. The monoisotopic (exact) mass is 241 g/mol. The lowest BCUT2D eigenvalue weighted by molar-refractivity contribution is 0.0600. The predicted octanol–water partition coefficient (Wildman–Crippen LogP) is 1.18. The fourth-order valence-electron chi connectivity index (χ4n) is 1.30. The first-order valence-electron chi connectivity index (χ1n) is 4.34. The van der Waals surface area contributed by atoms with Crippen LogP contribution in [-0.2, 0) is 4.74 Å². The van der Waals surface area contributed by atoms with E-state index in [9.17, 15) is 4.79 Å². The standard InChI is InChI=1S/C9H8ClN3O3/c1-15-8(14)5-3-6(10)7-11-12-9(16-2)13(7)4-5/h3-4H,1-2H3. The average molecular weight is 242 g/mol. The minimum absolute atomic E-state index is 0.252. The SMILES string of the molecule is COC(=O)c1cc(Cl)c2nnc(OC)n2c1. The van der Waals surface area contributed by atoms with Crippen LogP contribution in [0, 0.1) is 0 Å². The van der Waals surface area contributed by atoms with Crippen LogP contribution in [0.2, 0.25) is 5.02 Å². The molecule has 0 radical (unpaired) electrons. The van der Waals surface area contributed by atoms with Gasteiger partial charge in [0.1, 0.15) is 0 Å². The molecule has 0 aliphatic carbocycles. The van der Waals surface area contributed by atoms with E-state index in [1.165, 1.54) is 30.9 Å². The Bertz CT molecular complexity index is 552. The van der Waals surface area contributed by atoms with E-state index in [4.69, 9.17) is 16.3 Å². The maximum absolute atomic E-state index is 11.4. The first kappa shape index (κ1) is 10.7. The number of hydrogen-bond donors (Lipinski definition) is 0. The normalized spacial score (nSPS) is 10.4. The molecule has 0 aliphatic heterocycles. The number of pyridine rings is 1. The van der Waals surface area contributed by atoms with Gasteiger partial charge in [0.05, 0.1) is 24.8 Å². The lowest BCUT2D eigenvalue weighted by Crippen LogP contribution is -2.03. The lowest BCUT2D eigenvalue weighted by atomic mass is 10.3. The van der Waals surface area contributed by atoms with Crippen LogP contribution in [0.1, 0.15) is 10.4 Å². The number of nitrogens with zero attached hydrogens (tertiary/aromatic N) is 3. The van der Waals surface area contributed by atoms with E-state index in [1.807, 2.05) is 0 Å². The molecule has 0 aromatic carbocycles. The Labute approximate surface area is 95.7 Å². The van der Waals surface area contributed by atoms with Crippen molar-refractivity contribution in [2.75, 3.05) is 14.2 Å². The number of carbonyl (C=O) groups excluding carboxylic acids is 1. The third kappa shape index (κ3) is 1.57. The van der Waals surface area contributed by atoms with Gasteiger partial charge in [-0.1, -0.05) is 16.7 Å². The summed E-state index contributed by atoms with van der Waals surface area (Å²) in [5.41, 5.74) is 0.726. The Balaban J connectivity index is 2.68. The zero-order valence-corrected chi connectivity index (χ0v) is 9.35. The van der Waals surface area contributed by atoms with E-state index in [-0.39, 0.29) is 6.01 Å². The second kappa shape index (κ2) is 3.97. The Morgan fingerprint density at radius 2 is 2.19 bits per heavy atom. The fourth-order valence-corrected chi connectivity index (χ4v) is 1.55. The van der Waals surface area contributed by atoms with Crippen molar-refractivity contribution >= 4 is 23.2 Å². The van der Waals surface area contributed by atoms with Crippen LogP contribution in [0.5, 0.6) is 6.01 Å². The van der Waals surface area contributed by atoms with Crippen molar-refractivity contribution in [1.82, 2.24) is 14.6 Å². The highest BCUT2D eigenvalue weighted by atomic mass is 35.5. The molecule has 2 rings (SSSR count). The van der Waals surface area contributed by atoms with Gasteiger partial charge in [0.2, 0.25) is 0 Å². The van der Waals surface area contributed by atoms with Crippen LogP contribution in [0.3, 0.4) is 0 Å². The largest absolute Gasteiger partial charge is 0.467 e. The van der Waals surface area contributed by atoms with Crippen LogP contribution >= 0.6 is 11.6 Å². The van der Waals surface area contributed by atoms with Crippen molar-refractivity contribution in [3.8, 4) is 6.01 Å². The van der Waals surface area contributed by atoms with Crippen molar-refractivity contribution < 1.29 is 14.3 Å². The fraction of sp³-hybridized carbons (Fsp3) is 0.222. The molecule has 0 amide bonds. The summed E-state index contributed by atoms with van der Waals surface area (Å²) in [5.74, 6) is -0.487. The molecule has 0 unspecified atom stereocenters. The van der Waals surface area contributed by atoms with Crippen molar-refractivity contribution in [3.63, 3.8) is 0 Å². The summed E-state index contributed by atoms with van der Waals surface area (Å²) in [4.78, 5) is 11.4. The van der Waals surface area contributed by atoms with Crippen LogP contribution in [-0.4, -0.2) is 34.8 Å². The summed E-state index contributed by atoms with van der Waals surface area (Å²) in [6, 6.07) is 1.72. The molecule has 7 heteroatoms. The van der Waals surface area contributed by atoms with Gasteiger partial charge in [-0.15, -0.1) is 5.10 Å². The Hall–Kier alpha value is -1.82. The highest BCUT2D eigenvalue weighted by Gasteiger charge is 2.14. The summed E-state index contributed by atoms with van der Waals surface area (Å²) < 4.78 is 11.0. The number of ether oxygens (including phenoxy) is 2. The topological polar surface area (TPSA) is 65.7 Å². The molecule has 0 atom stereocenters. The smallest absolute Gasteiger partial charge is 0.339 e. The number of hydrogen-bond acceptors (Lipinski definition) is 5. The van der Waals surface area contributed by atoms with E-state index >= 15 is 0 Å². The maximum Gasteiger partial charge on any atom is 0.339 e. The molecule has 2 aromatic rings. The number of fused-ring (bicyclic) bond motifs is 1. The lowest BCUT2D eigenvalue weighted by Gasteiger charge is -2.03. The third-order valence-electron chi connectivity index (χ3n) is 2.03. The van der Waals surface area contributed by atoms with Crippen LogP contribution in [0.15, 0.2) is 12.3 Å². The van der Waals surface area contributed by atoms with Crippen molar-refractivity contribution in [3.05, 3.63) is 22.8 Å². The van der Waals surface area contributed by atoms with Gasteiger partial charge >= 0.3 is 12.0 Å². The quantitative estimate of drug-likeness (QED) is 0.739. The first-order chi connectivity index (χ1) is 7.67. The van der Waals surface area contributed by atoms with Gasteiger partial charge in [-0.3, -0.25) is 4.40 Å².